The Morgan fingerprint density at radius 1 is 1.00 bits per heavy atom. The molecule has 3 amide bonds. The molecule has 0 aromatic heterocycles. The van der Waals surface area contributed by atoms with Gasteiger partial charge in [0.05, 0.1) is 13.7 Å². The monoisotopic (exact) mass is 557 g/mol. The van der Waals surface area contributed by atoms with Crippen LogP contribution in [-0.4, -0.2) is 77.4 Å². The van der Waals surface area contributed by atoms with Crippen LogP contribution in [0.4, 0.5) is 4.79 Å². The number of esters is 1. The highest BCUT2D eigenvalue weighted by Gasteiger charge is 2.36. The standard InChI is InChI=1S/C29H39N3O8/c1-18-13-19(2)15-21(14-18)25(26(36)30-17-24(35)39-6)32(11-12-33)27(37)23(31-28(38)40-29(3,4)5)16-20-7-9-22(34)10-8-20/h7-10,13-15,23,25,33-34H,11-12,16-17H2,1-6H3,(H,30,36)(H,31,38). The number of aromatic hydroxyl groups is 1. The fourth-order valence-corrected chi connectivity index (χ4v) is 4.16. The molecule has 2 aromatic carbocycles. The number of carbonyl (C=O) groups is 4. The smallest absolute Gasteiger partial charge is 0.408 e. The van der Waals surface area contributed by atoms with Crippen molar-refractivity contribution in [1.82, 2.24) is 15.5 Å². The molecule has 0 aliphatic rings. The van der Waals surface area contributed by atoms with Crippen molar-refractivity contribution in [3.8, 4) is 5.75 Å². The Labute approximate surface area is 234 Å². The summed E-state index contributed by atoms with van der Waals surface area (Å²) in [6.07, 6.45) is -0.837. The number of hydrogen-bond acceptors (Lipinski definition) is 8. The third kappa shape index (κ3) is 9.88. The second kappa shape index (κ2) is 14.3. The molecule has 4 N–H and O–H groups in total. The van der Waals surface area contributed by atoms with Crippen molar-refractivity contribution in [2.24, 2.45) is 0 Å². The van der Waals surface area contributed by atoms with Crippen molar-refractivity contribution >= 4 is 23.9 Å². The maximum absolute atomic E-state index is 14.1. The molecule has 0 bridgehead atoms. The lowest BCUT2D eigenvalue weighted by Gasteiger charge is -2.34. The molecule has 11 nitrogen and oxygen atoms in total. The maximum Gasteiger partial charge on any atom is 0.408 e. The molecule has 0 radical (unpaired) electrons. The van der Waals surface area contributed by atoms with E-state index < -0.39 is 54.7 Å². The lowest BCUT2D eigenvalue weighted by molar-refractivity contribution is -0.145. The first kappa shape index (κ1) is 32.1. The third-order valence-corrected chi connectivity index (χ3v) is 5.74. The van der Waals surface area contributed by atoms with Crippen LogP contribution in [0.15, 0.2) is 42.5 Å². The van der Waals surface area contributed by atoms with Gasteiger partial charge in [0.15, 0.2) is 0 Å². The van der Waals surface area contributed by atoms with Crippen LogP contribution in [0.3, 0.4) is 0 Å². The highest BCUT2D eigenvalue weighted by Crippen LogP contribution is 2.25. The van der Waals surface area contributed by atoms with E-state index in [2.05, 4.69) is 15.4 Å². The van der Waals surface area contributed by atoms with Crippen molar-refractivity contribution in [2.45, 2.75) is 58.7 Å². The Kier molecular flexibility index (Phi) is 11.5. The van der Waals surface area contributed by atoms with Crippen molar-refractivity contribution in [3.63, 3.8) is 0 Å². The van der Waals surface area contributed by atoms with Gasteiger partial charge < -0.3 is 35.2 Å². The maximum atomic E-state index is 14.1. The molecule has 0 aliphatic carbocycles. The van der Waals surface area contributed by atoms with Gasteiger partial charge in [-0.25, -0.2) is 4.79 Å². The molecular formula is C29H39N3O8. The summed E-state index contributed by atoms with van der Waals surface area (Å²) in [5.41, 5.74) is 1.92. The van der Waals surface area contributed by atoms with Gasteiger partial charge in [0, 0.05) is 13.0 Å². The lowest BCUT2D eigenvalue weighted by atomic mass is 9.97. The number of hydrogen-bond donors (Lipinski definition) is 4. The van der Waals surface area contributed by atoms with Crippen LogP contribution in [0.2, 0.25) is 0 Å². The Morgan fingerprint density at radius 3 is 2.12 bits per heavy atom. The number of amides is 3. The van der Waals surface area contributed by atoms with Gasteiger partial charge >= 0.3 is 12.1 Å². The zero-order chi connectivity index (χ0) is 30.0. The first-order valence-corrected chi connectivity index (χ1v) is 12.9. The van der Waals surface area contributed by atoms with Crippen LogP contribution >= 0.6 is 0 Å². The van der Waals surface area contributed by atoms with E-state index in [0.717, 1.165) is 11.1 Å². The second-order valence-corrected chi connectivity index (χ2v) is 10.4. The van der Waals surface area contributed by atoms with Gasteiger partial charge in [0.25, 0.3) is 0 Å². The summed E-state index contributed by atoms with van der Waals surface area (Å²) in [6, 6.07) is 9.05. The average Bonchev–Trinajstić information content (AvgIpc) is 2.85. The Balaban J connectivity index is 2.55. The number of benzene rings is 2. The molecule has 218 valence electrons. The number of ether oxygens (including phenoxy) is 2. The minimum absolute atomic E-state index is 0.00360. The van der Waals surface area contributed by atoms with Crippen molar-refractivity contribution in [3.05, 3.63) is 64.7 Å². The van der Waals surface area contributed by atoms with E-state index in [9.17, 15) is 29.4 Å². The molecule has 40 heavy (non-hydrogen) atoms. The minimum atomic E-state index is -1.24. The molecule has 2 rings (SSSR count). The highest BCUT2D eigenvalue weighted by atomic mass is 16.6. The van der Waals surface area contributed by atoms with Crippen molar-refractivity contribution < 1.29 is 38.9 Å². The normalized spacial score (nSPS) is 12.6. The number of carbonyl (C=O) groups excluding carboxylic acids is 4. The number of aliphatic hydroxyl groups is 1. The largest absolute Gasteiger partial charge is 0.508 e. The molecule has 2 atom stereocenters. The van der Waals surface area contributed by atoms with Crippen LogP contribution < -0.4 is 10.6 Å². The number of aryl methyl sites for hydroxylation is 2. The Bertz CT molecular complexity index is 1170. The van der Waals surface area contributed by atoms with Crippen molar-refractivity contribution in [1.29, 1.82) is 0 Å². The van der Waals surface area contributed by atoms with E-state index in [-0.39, 0.29) is 18.7 Å². The minimum Gasteiger partial charge on any atom is -0.508 e. The molecule has 0 aliphatic heterocycles. The number of nitrogens with zero attached hydrogens (tertiary/aromatic N) is 1. The molecular weight excluding hydrogens is 518 g/mol. The summed E-state index contributed by atoms with van der Waals surface area (Å²) in [6.45, 7) is 7.59. The van der Waals surface area contributed by atoms with Crippen LogP contribution in [0.25, 0.3) is 0 Å². The number of phenols is 1. The molecule has 0 spiro atoms. The number of rotatable bonds is 11. The SMILES string of the molecule is COC(=O)CNC(=O)C(c1cc(C)cc(C)c1)N(CCO)C(=O)C(Cc1ccc(O)cc1)NC(=O)OC(C)(C)C. The first-order chi connectivity index (χ1) is 18.7. The predicted molar refractivity (Wildman–Crippen MR) is 147 cm³/mol. The number of aliphatic hydroxyl groups excluding tert-OH is 1. The molecule has 0 saturated carbocycles. The van der Waals surface area contributed by atoms with E-state index in [1.165, 1.54) is 24.1 Å². The van der Waals surface area contributed by atoms with E-state index in [1.807, 2.05) is 19.9 Å². The zero-order valence-electron chi connectivity index (χ0n) is 23.8. The fraction of sp³-hybridized carbons (Fsp3) is 0.448. The number of phenolic OH excluding ortho intramolecular Hbond substituents is 1. The van der Waals surface area contributed by atoms with Crippen LogP contribution in [0.1, 0.15) is 49.1 Å². The molecule has 0 saturated heterocycles. The molecule has 2 unspecified atom stereocenters. The topological polar surface area (TPSA) is 154 Å². The van der Waals surface area contributed by atoms with E-state index >= 15 is 0 Å². The highest BCUT2D eigenvalue weighted by molar-refractivity contribution is 5.93. The molecule has 0 heterocycles. The van der Waals surface area contributed by atoms with Gasteiger partial charge in [-0.15, -0.1) is 0 Å². The molecule has 11 heteroatoms. The summed E-state index contributed by atoms with van der Waals surface area (Å²) < 4.78 is 10.00. The van der Waals surface area contributed by atoms with Gasteiger partial charge in [-0.3, -0.25) is 14.4 Å². The van der Waals surface area contributed by atoms with E-state index in [1.54, 1.807) is 45.0 Å². The van der Waals surface area contributed by atoms with Crippen LogP contribution in [-0.2, 0) is 30.3 Å². The van der Waals surface area contributed by atoms with Gasteiger partial charge in [-0.05, 0) is 57.9 Å². The summed E-state index contributed by atoms with van der Waals surface area (Å²) in [4.78, 5) is 53.3. The average molecular weight is 558 g/mol. The predicted octanol–water partition coefficient (Wildman–Crippen LogP) is 2.30. The Hall–Kier alpha value is -4.12. The first-order valence-electron chi connectivity index (χ1n) is 12.9. The number of methoxy groups -OCH3 is 1. The number of alkyl carbamates (subject to hydrolysis) is 1. The quantitative estimate of drug-likeness (QED) is 0.307. The van der Waals surface area contributed by atoms with Gasteiger partial charge in [0.2, 0.25) is 11.8 Å². The Morgan fingerprint density at radius 2 is 1.60 bits per heavy atom. The summed E-state index contributed by atoms with van der Waals surface area (Å²) in [5.74, 6) is -1.97. The lowest BCUT2D eigenvalue weighted by Crippen LogP contribution is -2.54. The second-order valence-electron chi connectivity index (χ2n) is 10.4. The molecule has 2 aromatic rings. The van der Waals surface area contributed by atoms with Gasteiger partial charge in [-0.2, -0.15) is 0 Å². The van der Waals surface area contributed by atoms with Crippen LogP contribution in [0, 0.1) is 13.8 Å². The van der Waals surface area contributed by atoms with Crippen LogP contribution in [0.5, 0.6) is 5.75 Å². The zero-order valence-corrected chi connectivity index (χ0v) is 23.8. The van der Waals surface area contributed by atoms with Gasteiger partial charge in [0.1, 0.15) is 30.0 Å². The summed E-state index contributed by atoms with van der Waals surface area (Å²) >= 11 is 0. The van der Waals surface area contributed by atoms with Gasteiger partial charge in [-0.1, -0.05) is 41.5 Å². The number of nitrogens with one attached hydrogen (secondary N) is 2. The fourth-order valence-electron chi connectivity index (χ4n) is 4.16. The van der Waals surface area contributed by atoms with E-state index in [4.69, 9.17) is 4.74 Å². The van der Waals surface area contributed by atoms with E-state index in [0.29, 0.717) is 11.1 Å². The third-order valence-electron chi connectivity index (χ3n) is 5.74. The molecule has 0 fully saturated rings. The summed E-state index contributed by atoms with van der Waals surface area (Å²) in [5, 5.41) is 24.7. The van der Waals surface area contributed by atoms with Crippen molar-refractivity contribution in [2.75, 3.05) is 26.8 Å². The summed E-state index contributed by atoms with van der Waals surface area (Å²) in [7, 11) is 1.19.